The highest BCUT2D eigenvalue weighted by atomic mass is 35.5. The van der Waals surface area contributed by atoms with Crippen LogP contribution in [-0.2, 0) is 6.42 Å². The molecule has 18 heavy (non-hydrogen) atoms. The summed E-state index contributed by atoms with van der Waals surface area (Å²) in [7, 11) is 0. The largest absolute Gasteiger partial charge is 0.269 e. The van der Waals surface area contributed by atoms with Crippen molar-refractivity contribution in [1.29, 1.82) is 0 Å². The van der Waals surface area contributed by atoms with Crippen LogP contribution < -0.4 is 5.56 Å². The molecule has 0 aliphatic rings. The predicted octanol–water partition coefficient (Wildman–Crippen LogP) is 3.45. The van der Waals surface area contributed by atoms with E-state index in [2.05, 4.69) is 18.8 Å². The number of hydrogen-bond acceptors (Lipinski definition) is 3. The zero-order chi connectivity index (χ0) is 13.3. The summed E-state index contributed by atoms with van der Waals surface area (Å²) in [6.07, 6.45) is 4.12. The monoisotopic (exact) mass is 282 g/mol. The minimum absolute atomic E-state index is 0.0255. The predicted molar refractivity (Wildman–Crippen MR) is 76.0 cm³/mol. The fraction of sp³-hybridized carbons (Fsp3) is 0.385. The van der Waals surface area contributed by atoms with Crippen molar-refractivity contribution in [2.24, 2.45) is 5.92 Å². The third-order valence-electron chi connectivity index (χ3n) is 2.50. The van der Waals surface area contributed by atoms with Crippen molar-refractivity contribution in [3.8, 4) is 5.13 Å². The molecule has 3 nitrogen and oxygen atoms in total. The normalized spacial score (nSPS) is 11.2. The number of thiazole rings is 1. The summed E-state index contributed by atoms with van der Waals surface area (Å²) < 4.78 is 1.54. The first-order chi connectivity index (χ1) is 8.47. The van der Waals surface area contributed by atoms with E-state index < -0.39 is 0 Å². The van der Waals surface area contributed by atoms with Crippen molar-refractivity contribution in [2.75, 3.05) is 0 Å². The Balaban J connectivity index is 2.54. The van der Waals surface area contributed by atoms with Gasteiger partial charge in [-0.15, -0.1) is 11.3 Å². The topological polar surface area (TPSA) is 34.9 Å². The Morgan fingerprint density at radius 3 is 2.78 bits per heavy atom. The molecule has 0 aliphatic heterocycles. The van der Waals surface area contributed by atoms with Gasteiger partial charge in [0.25, 0.3) is 5.56 Å². The van der Waals surface area contributed by atoms with Gasteiger partial charge in [0.05, 0.1) is 5.02 Å². The van der Waals surface area contributed by atoms with Gasteiger partial charge in [0.1, 0.15) is 0 Å². The second kappa shape index (κ2) is 5.24. The molecule has 2 aromatic rings. The minimum atomic E-state index is -0.0255. The average molecular weight is 283 g/mol. The standard InChI is InChI=1S/C13H15ClN2OS/c1-8(2)4-10-5-11(14)7-16(12(10)17)13-15-6-9(3)18-13/h5-8H,4H2,1-3H3. The first kappa shape index (κ1) is 13.3. The highest BCUT2D eigenvalue weighted by Gasteiger charge is 2.11. The highest BCUT2D eigenvalue weighted by molar-refractivity contribution is 7.13. The van der Waals surface area contributed by atoms with Crippen molar-refractivity contribution in [2.45, 2.75) is 27.2 Å². The van der Waals surface area contributed by atoms with E-state index >= 15 is 0 Å². The number of pyridine rings is 1. The molecular formula is C13H15ClN2OS. The summed E-state index contributed by atoms with van der Waals surface area (Å²) in [5.74, 6) is 0.419. The molecule has 0 saturated carbocycles. The third kappa shape index (κ3) is 2.82. The molecule has 96 valence electrons. The second-order valence-electron chi connectivity index (χ2n) is 4.71. The smallest absolute Gasteiger partial charge is 0.260 e. The molecule has 0 spiro atoms. The molecule has 0 aromatic carbocycles. The molecule has 0 bridgehead atoms. The molecule has 2 aromatic heterocycles. The van der Waals surface area contributed by atoms with Crippen LogP contribution in [0.25, 0.3) is 5.13 Å². The van der Waals surface area contributed by atoms with Crippen LogP contribution in [0, 0.1) is 12.8 Å². The van der Waals surface area contributed by atoms with Gasteiger partial charge in [-0.3, -0.25) is 9.36 Å². The number of hydrogen-bond donors (Lipinski definition) is 0. The van der Waals surface area contributed by atoms with Crippen molar-refractivity contribution in [3.63, 3.8) is 0 Å². The first-order valence-corrected chi connectivity index (χ1v) is 7.00. The van der Waals surface area contributed by atoms with Gasteiger partial charge in [-0.2, -0.15) is 0 Å². The number of aromatic nitrogens is 2. The van der Waals surface area contributed by atoms with E-state index in [4.69, 9.17) is 11.6 Å². The number of nitrogens with zero attached hydrogens (tertiary/aromatic N) is 2. The molecule has 5 heteroatoms. The first-order valence-electron chi connectivity index (χ1n) is 5.81. The lowest BCUT2D eigenvalue weighted by Crippen LogP contribution is -2.22. The lowest BCUT2D eigenvalue weighted by atomic mass is 10.0. The molecular weight excluding hydrogens is 268 g/mol. The maximum atomic E-state index is 12.3. The van der Waals surface area contributed by atoms with Gasteiger partial charge < -0.3 is 0 Å². The Hall–Kier alpha value is -1.13. The van der Waals surface area contributed by atoms with E-state index in [1.807, 2.05) is 6.92 Å². The molecule has 0 unspecified atom stereocenters. The Morgan fingerprint density at radius 2 is 2.22 bits per heavy atom. The molecule has 0 radical (unpaired) electrons. The van der Waals surface area contributed by atoms with Gasteiger partial charge in [0.15, 0.2) is 5.13 Å². The molecule has 0 aliphatic carbocycles. The average Bonchev–Trinajstić information content (AvgIpc) is 2.69. The minimum Gasteiger partial charge on any atom is -0.269 e. The van der Waals surface area contributed by atoms with Crippen LogP contribution in [0.2, 0.25) is 5.02 Å². The lowest BCUT2D eigenvalue weighted by molar-refractivity contribution is 0.639. The van der Waals surface area contributed by atoms with E-state index in [0.29, 0.717) is 16.1 Å². The van der Waals surface area contributed by atoms with Gasteiger partial charge in [-0.05, 0) is 25.3 Å². The Bertz CT molecular complexity index is 616. The molecule has 0 amide bonds. The second-order valence-corrected chi connectivity index (χ2v) is 6.36. The quantitative estimate of drug-likeness (QED) is 0.864. The van der Waals surface area contributed by atoms with Crippen LogP contribution in [-0.4, -0.2) is 9.55 Å². The lowest BCUT2D eigenvalue weighted by Gasteiger charge is -2.08. The number of halogens is 1. The van der Waals surface area contributed by atoms with Gasteiger partial charge in [-0.1, -0.05) is 25.4 Å². The number of aryl methyl sites for hydroxylation is 1. The van der Waals surface area contributed by atoms with Crippen LogP contribution in [0.3, 0.4) is 0 Å². The van der Waals surface area contributed by atoms with Crippen molar-refractivity contribution in [1.82, 2.24) is 9.55 Å². The molecule has 2 heterocycles. The van der Waals surface area contributed by atoms with Crippen molar-refractivity contribution in [3.05, 3.63) is 44.3 Å². The molecule has 0 saturated heterocycles. The van der Waals surface area contributed by atoms with E-state index in [-0.39, 0.29) is 5.56 Å². The van der Waals surface area contributed by atoms with Crippen LogP contribution in [0.5, 0.6) is 0 Å². The summed E-state index contributed by atoms with van der Waals surface area (Å²) in [6.45, 7) is 6.13. The van der Waals surface area contributed by atoms with Crippen molar-refractivity contribution >= 4 is 22.9 Å². The highest BCUT2D eigenvalue weighted by Crippen LogP contribution is 2.18. The maximum absolute atomic E-state index is 12.3. The van der Waals surface area contributed by atoms with E-state index in [0.717, 1.165) is 16.9 Å². The summed E-state index contributed by atoms with van der Waals surface area (Å²) in [4.78, 5) is 17.6. The van der Waals surface area contributed by atoms with Crippen LogP contribution in [0.15, 0.2) is 23.3 Å². The van der Waals surface area contributed by atoms with Crippen LogP contribution in [0.4, 0.5) is 0 Å². The van der Waals surface area contributed by atoms with Crippen molar-refractivity contribution < 1.29 is 0 Å². The Kier molecular flexibility index (Phi) is 3.88. The number of rotatable bonds is 3. The summed E-state index contributed by atoms with van der Waals surface area (Å²) in [6, 6.07) is 1.75. The fourth-order valence-corrected chi connectivity index (χ4v) is 2.75. The zero-order valence-electron chi connectivity index (χ0n) is 10.6. The Morgan fingerprint density at radius 1 is 1.50 bits per heavy atom. The van der Waals surface area contributed by atoms with E-state index in [1.54, 1.807) is 18.5 Å². The molecule has 0 N–H and O–H groups in total. The molecule has 2 rings (SSSR count). The maximum Gasteiger partial charge on any atom is 0.260 e. The van der Waals surface area contributed by atoms with Gasteiger partial charge in [-0.25, -0.2) is 4.98 Å². The third-order valence-corrected chi connectivity index (χ3v) is 3.62. The summed E-state index contributed by atoms with van der Waals surface area (Å²) in [5, 5.41) is 1.24. The summed E-state index contributed by atoms with van der Waals surface area (Å²) in [5.41, 5.74) is 0.716. The van der Waals surface area contributed by atoms with Crippen LogP contribution in [0.1, 0.15) is 24.3 Å². The fourth-order valence-electron chi connectivity index (χ4n) is 1.78. The molecule has 0 atom stereocenters. The SMILES string of the molecule is Cc1cnc(-n2cc(Cl)cc(CC(C)C)c2=O)s1. The van der Waals surface area contributed by atoms with E-state index in [1.165, 1.54) is 15.9 Å². The zero-order valence-corrected chi connectivity index (χ0v) is 12.2. The van der Waals surface area contributed by atoms with Crippen LogP contribution >= 0.6 is 22.9 Å². The van der Waals surface area contributed by atoms with E-state index in [9.17, 15) is 4.79 Å². The van der Waals surface area contributed by atoms with Gasteiger partial charge >= 0.3 is 0 Å². The van der Waals surface area contributed by atoms with Gasteiger partial charge in [0.2, 0.25) is 0 Å². The summed E-state index contributed by atoms with van der Waals surface area (Å²) >= 11 is 7.56. The molecule has 0 fully saturated rings. The Labute approximate surface area is 115 Å². The van der Waals surface area contributed by atoms with Gasteiger partial charge in [0, 0.05) is 22.8 Å².